The molecule has 0 aliphatic carbocycles. The maximum absolute atomic E-state index is 11.7. The SMILES string of the molecule is CCc1ccc(CCOc2ccccc2CC2SC(=O)NC2=O)nc1. The average Bonchev–Trinajstić information content (AvgIpc) is 2.94. The molecule has 1 aromatic heterocycles. The number of thioether (sulfide) groups is 1. The molecule has 1 aliphatic heterocycles. The minimum atomic E-state index is -0.388. The Kier molecular flexibility index (Phi) is 5.71. The molecule has 1 saturated heterocycles. The van der Waals surface area contributed by atoms with Gasteiger partial charge in [-0.05, 0) is 36.1 Å². The molecule has 0 spiro atoms. The number of nitrogens with one attached hydrogen (secondary N) is 1. The van der Waals surface area contributed by atoms with E-state index in [9.17, 15) is 9.59 Å². The van der Waals surface area contributed by atoms with Crippen LogP contribution in [0.1, 0.15) is 23.7 Å². The van der Waals surface area contributed by atoms with Gasteiger partial charge in [0.2, 0.25) is 5.91 Å². The zero-order valence-corrected chi connectivity index (χ0v) is 14.8. The van der Waals surface area contributed by atoms with Gasteiger partial charge in [-0.25, -0.2) is 0 Å². The van der Waals surface area contributed by atoms with Crippen LogP contribution in [0.3, 0.4) is 0 Å². The maximum Gasteiger partial charge on any atom is 0.286 e. The Morgan fingerprint density at radius 2 is 2.04 bits per heavy atom. The van der Waals surface area contributed by atoms with E-state index >= 15 is 0 Å². The number of hydrogen-bond acceptors (Lipinski definition) is 5. The molecule has 2 heterocycles. The van der Waals surface area contributed by atoms with Gasteiger partial charge >= 0.3 is 0 Å². The molecule has 1 N–H and O–H groups in total. The van der Waals surface area contributed by atoms with Crippen molar-refractivity contribution < 1.29 is 14.3 Å². The highest BCUT2D eigenvalue weighted by Crippen LogP contribution is 2.27. The molecule has 130 valence electrons. The number of carbonyl (C=O) groups excluding carboxylic acids is 2. The number of carbonyl (C=O) groups is 2. The largest absolute Gasteiger partial charge is 0.493 e. The summed E-state index contributed by atoms with van der Waals surface area (Å²) < 4.78 is 5.90. The third-order valence-electron chi connectivity index (χ3n) is 4.05. The second kappa shape index (κ2) is 8.16. The second-order valence-corrected chi connectivity index (χ2v) is 6.98. The normalized spacial score (nSPS) is 16.8. The van der Waals surface area contributed by atoms with Crippen molar-refractivity contribution in [1.82, 2.24) is 10.3 Å². The molecule has 2 aromatic rings. The predicted octanol–water partition coefficient (Wildman–Crippen LogP) is 3.16. The van der Waals surface area contributed by atoms with Crippen molar-refractivity contribution in [3.63, 3.8) is 0 Å². The van der Waals surface area contributed by atoms with Crippen molar-refractivity contribution in [2.45, 2.75) is 31.4 Å². The molecule has 25 heavy (non-hydrogen) atoms. The zero-order valence-electron chi connectivity index (χ0n) is 14.0. The Hall–Kier alpha value is -2.34. The third-order valence-corrected chi connectivity index (χ3v) is 5.04. The third kappa shape index (κ3) is 4.60. The average molecular weight is 356 g/mol. The highest BCUT2D eigenvalue weighted by molar-refractivity contribution is 8.15. The van der Waals surface area contributed by atoms with Crippen LogP contribution in [0.15, 0.2) is 42.6 Å². The molecule has 0 saturated carbocycles. The Morgan fingerprint density at radius 1 is 1.20 bits per heavy atom. The number of aromatic nitrogens is 1. The summed E-state index contributed by atoms with van der Waals surface area (Å²) >= 11 is 1.04. The van der Waals surface area contributed by atoms with Crippen molar-refractivity contribution in [3.8, 4) is 5.75 Å². The van der Waals surface area contributed by atoms with E-state index in [2.05, 4.69) is 23.3 Å². The van der Waals surface area contributed by atoms with Crippen molar-refractivity contribution in [2.75, 3.05) is 6.61 Å². The fraction of sp³-hybridized carbons (Fsp3) is 0.316. The van der Waals surface area contributed by atoms with Crippen molar-refractivity contribution in [3.05, 3.63) is 59.4 Å². The van der Waals surface area contributed by atoms with Gasteiger partial charge in [-0.1, -0.05) is 43.0 Å². The molecule has 0 bridgehead atoms. The lowest BCUT2D eigenvalue weighted by Gasteiger charge is -2.13. The van der Waals surface area contributed by atoms with E-state index in [1.165, 1.54) is 5.56 Å². The lowest BCUT2D eigenvalue weighted by molar-refractivity contribution is -0.118. The molecule has 1 aromatic carbocycles. The number of imide groups is 1. The summed E-state index contributed by atoms with van der Waals surface area (Å²) in [6.07, 6.45) is 4.07. The summed E-state index contributed by atoms with van der Waals surface area (Å²) in [4.78, 5) is 27.5. The Labute approximate surface area is 151 Å². The number of ether oxygens (including phenoxy) is 1. The zero-order chi connectivity index (χ0) is 17.6. The van der Waals surface area contributed by atoms with E-state index in [4.69, 9.17) is 4.74 Å². The van der Waals surface area contributed by atoms with E-state index in [1.54, 1.807) is 0 Å². The first-order chi connectivity index (χ1) is 12.2. The number of pyridine rings is 1. The first kappa shape index (κ1) is 17.5. The Bertz CT molecular complexity index is 762. The van der Waals surface area contributed by atoms with Gasteiger partial charge in [-0.15, -0.1) is 0 Å². The van der Waals surface area contributed by atoms with Crippen LogP contribution in [-0.4, -0.2) is 28.0 Å². The van der Waals surface area contributed by atoms with Crippen molar-refractivity contribution in [2.24, 2.45) is 0 Å². The number of benzene rings is 1. The first-order valence-corrected chi connectivity index (χ1v) is 9.19. The van der Waals surface area contributed by atoms with Gasteiger partial charge in [0, 0.05) is 18.3 Å². The predicted molar refractivity (Wildman–Crippen MR) is 97.9 cm³/mol. The summed E-state index contributed by atoms with van der Waals surface area (Å²) in [6, 6.07) is 11.7. The number of aryl methyl sites for hydroxylation is 1. The van der Waals surface area contributed by atoms with Crippen LogP contribution in [0.25, 0.3) is 0 Å². The number of amides is 2. The van der Waals surface area contributed by atoms with Gasteiger partial charge in [-0.3, -0.25) is 19.9 Å². The van der Waals surface area contributed by atoms with Crippen LogP contribution in [0.5, 0.6) is 5.75 Å². The summed E-state index contributed by atoms with van der Waals surface area (Å²) in [7, 11) is 0. The summed E-state index contributed by atoms with van der Waals surface area (Å²) in [5, 5.41) is 1.65. The topological polar surface area (TPSA) is 68.3 Å². The molecule has 0 radical (unpaired) electrons. The van der Waals surface area contributed by atoms with Gasteiger partial charge in [0.25, 0.3) is 5.24 Å². The standard InChI is InChI=1S/C19H20N2O3S/c1-2-13-7-8-15(20-12-13)9-10-24-16-6-4-3-5-14(16)11-17-18(22)21-19(23)25-17/h3-8,12,17H,2,9-11H2,1H3,(H,21,22,23). The van der Waals surface area contributed by atoms with Crippen molar-refractivity contribution >= 4 is 22.9 Å². The summed E-state index contributed by atoms with van der Waals surface area (Å²) in [5.41, 5.74) is 3.14. The lowest BCUT2D eigenvalue weighted by Crippen LogP contribution is -2.25. The smallest absolute Gasteiger partial charge is 0.286 e. The van der Waals surface area contributed by atoms with Crippen LogP contribution in [0.2, 0.25) is 0 Å². The monoisotopic (exact) mass is 356 g/mol. The number of hydrogen-bond donors (Lipinski definition) is 1. The molecule has 3 rings (SSSR count). The molecule has 1 fully saturated rings. The fourth-order valence-electron chi connectivity index (χ4n) is 2.62. The van der Waals surface area contributed by atoms with E-state index in [0.29, 0.717) is 13.0 Å². The molecular formula is C19H20N2O3S. The van der Waals surface area contributed by atoms with E-state index in [0.717, 1.165) is 41.6 Å². The summed E-state index contributed by atoms with van der Waals surface area (Å²) in [5.74, 6) is 0.519. The van der Waals surface area contributed by atoms with E-state index in [-0.39, 0.29) is 16.4 Å². The molecule has 6 heteroatoms. The molecule has 2 amide bonds. The van der Waals surface area contributed by atoms with Crippen molar-refractivity contribution in [1.29, 1.82) is 0 Å². The highest BCUT2D eigenvalue weighted by Gasteiger charge is 2.32. The van der Waals surface area contributed by atoms with Crippen LogP contribution in [-0.2, 0) is 24.1 Å². The van der Waals surface area contributed by atoms with Crippen LogP contribution in [0.4, 0.5) is 4.79 Å². The van der Waals surface area contributed by atoms with Gasteiger partial charge in [0.15, 0.2) is 0 Å². The minimum Gasteiger partial charge on any atom is -0.493 e. The van der Waals surface area contributed by atoms with Gasteiger partial charge < -0.3 is 4.74 Å². The highest BCUT2D eigenvalue weighted by atomic mass is 32.2. The molecule has 5 nitrogen and oxygen atoms in total. The van der Waals surface area contributed by atoms with E-state index in [1.807, 2.05) is 36.5 Å². The number of rotatable bonds is 7. The molecule has 1 atom stereocenters. The minimum absolute atomic E-state index is 0.231. The molecule has 1 unspecified atom stereocenters. The Balaban J connectivity index is 1.59. The van der Waals surface area contributed by atoms with E-state index < -0.39 is 0 Å². The number of para-hydroxylation sites is 1. The van der Waals surface area contributed by atoms with Crippen LogP contribution < -0.4 is 10.1 Å². The van der Waals surface area contributed by atoms with Gasteiger partial charge in [0.05, 0.1) is 11.9 Å². The molecular weight excluding hydrogens is 336 g/mol. The first-order valence-electron chi connectivity index (χ1n) is 8.31. The summed E-state index contributed by atoms with van der Waals surface area (Å²) in [6.45, 7) is 2.62. The Morgan fingerprint density at radius 3 is 2.72 bits per heavy atom. The maximum atomic E-state index is 11.7. The van der Waals surface area contributed by atoms with Gasteiger partial charge in [-0.2, -0.15) is 0 Å². The second-order valence-electron chi connectivity index (χ2n) is 5.80. The fourth-order valence-corrected chi connectivity index (χ4v) is 3.47. The quantitative estimate of drug-likeness (QED) is 0.825. The molecule has 1 aliphatic rings. The number of nitrogens with zero attached hydrogens (tertiary/aromatic N) is 1. The van der Waals surface area contributed by atoms with Crippen LogP contribution >= 0.6 is 11.8 Å². The lowest BCUT2D eigenvalue weighted by atomic mass is 10.1. The van der Waals surface area contributed by atoms with Crippen LogP contribution in [0, 0.1) is 0 Å². The van der Waals surface area contributed by atoms with Gasteiger partial charge in [0.1, 0.15) is 5.75 Å².